The van der Waals surface area contributed by atoms with E-state index in [4.69, 9.17) is 5.14 Å². The minimum Gasteiger partial charge on any atom is -0.241 e. The fraction of sp³-hybridized carbons (Fsp3) is 0.250. The molecule has 1 heterocycles. The molecule has 0 saturated heterocycles. The van der Waals surface area contributed by atoms with Gasteiger partial charge in [0.25, 0.3) is 0 Å². The van der Waals surface area contributed by atoms with Crippen LogP contribution in [-0.4, -0.2) is 17.4 Å². The van der Waals surface area contributed by atoms with E-state index in [9.17, 15) is 8.42 Å². The molecule has 1 aromatic rings. The smallest absolute Gasteiger partial charge is 0.241 e. The molecular formula is C4H7N3O2S. The van der Waals surface area contributed by atoms with Crippen LogP contribution < -0.4 is 5.14 Å². The van der Waals surface area contributed by atoms with E-state index in [1.54, 1.807) is 6.92 Å². The average molecular weight is 161 g/mol. The first-order valence-electron chi connectivity index (χ1n) is 2.55. The maximum atomic E-state index is 10.6. The SMILES string of the molecule is Cc1nccn1S(N)(=O)=O. The van der Waals surface area contributed by atoms with Gasteiger partial charge in [0.05, 0.1) is 0 Å². The van der Waals surface area contributed by atoms with Crippen LogP contribution in [0.1, 0.15) is 5.82 Å². The van der Waals surface area contributed by atoms with Crippen molar-refractivity contribution in [1.29, 1.82) is 0 Å². The molecule has 0 spiro atoms. The zero-order chi connectivity index (χ0) is 7.78. The summed E-state index contributed by atoms with van der Waals surface area (Å²) in [5.41, 5.74) is 0. The number of rotatable bonds is 1. The summed E-state index contributed by atoms with van der Waals surface area (Å²) in [5, 5.41) is 4.80. The first-order valence-corrected chi connectivity index (χ1v) is 4.05. The lowest BCUT2D eigenvalue weighted by atomic mass is 10.8. The van der Waals surface area contributed by atoms with Crippen LogP contribution in [0, 0.1) is 6.92 Å². The van der Waals surface area contributed by atoms with Crippen molar-refractivity contribution in [2.24, 2.45) is 5.14 Å². The number of aromatic nitrogens is 2. The van der Waals surface area contributed by atoms with Gasteiger partial charge in [-0.1, -0.05) is 0 Å². The molecule has 56 valence electrons. The van der Waals surface area contributed by atoms with Crippen LogP contribution in [0.5, 0.6) is 0 Å². The van der Waals surface area contributed by atoms with Crippen molar-refractivity contribution in [3.8, 4) is 0 Å². The fourth-order valence-electron chi connectivity index (χ4n) is 0.635. The summed E-state index contributed by atoms with van der Waals surface area (Å²) in [6.45, 7) is 1.56. The van der Waals surface area contributed by atoms with E-state index < -0.39 is 10.2 Å². The molecule has 0 atom stereocenters. The van der Waals surface area contributed by atoms with Crippen molar-refractivity contribution >= 4 is 10.2 Å². The molecular weight excluding hydrogens is 154 g/mol. The Morgan fingerprint density at radius 3 is 2.50 bits per heavy atom. The maximum absolute atomic E-state index is 10.6. The normalized spacial score (nSPS) is 11.8. The predicted octanol–water partition coefficient (Wildman–Crippen LogP) is -0.757. The van der Waals surface area contributed by atoms with Crippen LogP contribution in [0.25, 0.3) is 0 Å². The average Bonchev–Trinajstić information content (AvgIpc) is 2.11. The van der Waals surface area contributed by atoms with E-state index in [2.05, 4.69) is 4.98 Å². The van der Waals surface area contributed by atoms with Crippen molar-refractivity contribution in [1.82, 2.24) is 8.96 Å². The highest BCUT2D eigenvalue weighted by Crippen LogP contribution is 1.95. The molecule has 0 radical (unpaired) electrons. The molecule has 0 amide bonds. The Labute approximate surface area is 58.7 Å². The molecule has 0 aliphatic heterocycles. The van der Waals surface area contributed by atoms with E-state index >= 15 is 0 Å². The first kappa shape index (κ1) is 7.23. The molecule has 0 fully saturated rings. The number of hydrogen-bond acceptors (Lipinski definition) is 3. The van der Waals surface area contributed by atoms with Gasteiger partial charge in [-0.05, 0) is 6.92 Å². The predicted molar refractivity (Wildman–Crippen MR) is 35.5 cm³/mol. The van der Waals surface area contributed by atoms with Gasteiger partial charge in [0.15, 0.2) is 0 Å². The van der Waals surface area contributed by atoms with Crippen LogP contribution in [0.3, 0.4) is 0 Å². The summed E-state index contributed by atoms with van der Waals surface area (Å²) in [6, 6.07) is 0. The van der Waals surface area contributed by atoms with Crippen LogP contribution in [0.4, 0.5) is 0 Å². The topological polar surface area (TPSA) is 78.0 Å². The van der Waals surface area contributed by atoms with Crippen LogP contribution in [0.2, 0.25) is 0 Å². The van der Waals surface area contributed by atoms with Gasteiger partial charge in [0, 0.05) is 12.4 Å². The Balaban J connectivity index is 3.32. The molecule has 0 bridgehead atoms. The zero-order valence-electron chi connectivity index (χ0n) is 5.35. The highest BCUT2D eigenvalue weighted by Gasteiger charge is 2.06. The minimum absolute atomic E-state index is 0.363. The Hall–Kier alpha value is -0.880. The Kier molecular flexibility index (Phi) is 1.49. The Morgan fingerprint density at radius 1 is 1.70 bits per heavy atom. The standard InChI is InChI=1S/C4H7N3O2S/c1-4-6-2-3-7(4)10(5,8)9/h2-3H,1H3,(H2,5,8,9). The second kappa shape index (κ2) is 2.06. The van der Waals surface area contributed by atoms with Crippen LogP contribution in [-0.2, 0) is 10.2 Å². The highest BCUT2D eigenvalue weighted by atomic mass is 32.2. The lowest BCUT2D eigenvalue weighted by Gasteiger charge is -1.97. The molecule has 2 N–H and O–H groups in total. The second-order valence-corrected chi connectivity index (χ2v) is 3.24. The van der Waals surface area contributed by atoms with E-state index in [0.717, 1.165) is 3.97 Å². The summed E-state index contributed by atoms with van der Waals surface area (Å²) in [7, 11) is -3.64. The molecule has 0 aromatic carbocycles. The van der Waals surface area contributed by atoms with Gasteiger partial charge >= 0.3 is 10.2 Å². The number of aryl methyl sites for hydroxylation is 1. The molecule has 0 aliphatic carbocycles. The monoisotopic (exact) mass is 161 g/mol. The number of imidazole rings is 1. The molecule has 0 aliphatic rings. The summed E-state index contributed by atoms with van der Waals surface area (Å²) in [6.07, 6.45) is 2.67. The Morgan fingerprint density at radius 2 is 2.30 bits per heavy atom. The largest absolute Gasteiger partial charge is 0.303 e. The van der Waals surface area contributed by atoms with Gasteiger partial charge in [-0.25, -0.2) is 14.1 Å². The summed E-state index contributed by atoms with van der Waals surface area (Å²) >= 11 is 0. The van der Waals surface area contributed by atoms with E-state index in [-0.39, 0.29) is 0 Å². The van der Waals surface area contributed by atoms with Crippen molar-refractivity contribution in [2.45, 2.75) is 6.92 Å². The number of nitrogens with two attached hydrogens (primary N) is 1. The fourth-order valence-corrected chi connectivity index (χ4v) is 1.28. The van der Waals surface area contributed by atoms with E-state index in [1.165, 1.54) is 12.4 Å². The molecule has 10 heavy (non-hydrogen) atoms. The third kappa shape index (κ3) is 1.17. The molecule has 5 nitrogen and oxygen atoms in total. The lowest BCUT2D eigenvalue weighted by molar-refractivity contribution is 0.587. The van der Waals surface area contributed by atoms with Crippen molar-refractivity contribution < 1.29 is 8.42 Å². The molecule has 0 saturated carbocycles. The molecule has 0 unspecified atom stereocenters. The quantitative estimate of drug-likeness (QED) is 0.588. The van der Waals surface area contributed by atoms with Crippen LogP contribution in [0.15, 0.2) is 12.4 Å². The molecule has 1 aromatic heterocycles. The highest BCUT2D eigenvalue weighted by molar-refractivity contribution is 7.87. The van der Waals surface area contributed by atoms with Crippen molar-refractivity contribution in [2.75, 3.05) is 0 Å². The lowest BCUT2D eigenvalue weighted by Crippen LogP contribution is -2.21. The van der Waals surface area contributed by atoms with Gasteiger partial charge in [0.1, 0.15) is 5.82 Å². The van der Waals surface area contributed by atoms with Gasteiger partial charge in [-0.2, -0.15) is 8.42 Å². The van der Waals surface area contributed by atoms with E-state index in [1.807, 2.05) is 0 Å². The second-order valence-electron chi connectivity index (χ2n) is 1.82. The first-order chi connectivity index (χ1) is 4.52. The minimum atomic E-state index is -3.64. The zero-order valence-corrected chi connectivity index (χ0v) is 6.17. The third-order valence-electron chi connectivity index (χ3n) is 1.06. The summed E-state index contributed by atoms with van der Waals surface area (Å²) < 4.78 is 22.1. The summed E-state index contributed by atoms with van der Waals surface area (Å²) in [4.78, 5) is 3.69. The number of nitrogens with zero attached hydrogens (tertiary/aromatic N) is 2. The maximum Gasteiger partial charge on any atom is 0.303 e. The van der Waals surface area contributed by atoms with Crippen LogP contribution >= 0.6 is 0 Å². The summed E-state index contributed by atoms with van der Waals surface area (Å²) in [5.74, 6) is 0.363. The van der Waals surface area contributed by atoms with Gasteiger partial charge in [0.2, 0.25) is 0 Å². The van der Waals surface area contributed by atoms with Gasteiger partial charge in [-0.15, -0.1) is 0 Å². The van der Waals surface area contributed by atoms with Gasteiger partial charge in [-0.3, -0.25) is 0 Å². The van der Waals surface area contributed by atoms with Crippen molar-refractivity contribution in [3.63, 3.8) is 0 Å². The molecule has 6 heteroatoms. The van der Waals surface area contributed by atoms with E-state index in [0.29, 0.717) is 5.82 Å². The Bertz CT molecular complexity index is 326. The number of hydrogen-bond donors (Lipinski definition) is 1. The van der Waals surface area contributed by atoms with Gasteiger partial charge < -0.3 is 0 Å². The molecule has 1 rings (SSSR count). The van der Waals surface area contributed by atoms with Crippen molar-refractivity contribution in [3.05, 3.63) is 18.2 Å². The third-order valence-corrected chi connectivity index (χ3v) is 1.99.